The zero-order valence-electron chi connectivity index (χ0n) is 12.9. The number of carboxylic acids is 1. The highest BCUT2D eigenvalue weighted by Gasteiger charge is 2.26. The van der Waals surface area contributed by atoms with Gasteiger partial charge in [0.05, 0.1) is 12.1 Å². The topological polar surface area (TPSA) is 99.4 Å². The first-order valence-electron chi connectivity index (χ1n) is 7.43. The third-order valence-corrected chi connectivity index (χ3v) is 3.65. The maximum Gasteiger partial charge on any atom is 0.303 e. The quantitative estimate of drug-likeness (QED) is 0.795. The van der Waals surface area contributed by atoms with E-state index < -0.39 is 5.97 Å². The molecule has 23 heavy (non-hydrogen) atoms. The van der Waals surface area contributed by atoms with Crippen LogP contribution in [-0.2, 0) is 14.4 Å². The van der Waals surface area contributed by atoms with Gasteiger partial charge in [-0.1, -0.05) is 5.16 Å². The fourth-order valence-electron chi connectivity index (χ4n) is 2.30. The smallest absolute Gasteiger partial charge is 0.303 e. The van der Waals surface area contributed by atoms with E-state index in [1.54, 1.807) is 31.3 Å². The lowest BCUT2D eigenvalue weighted by Gasteiger charge is -2.18. The van der Waals surface area contributed by atoms with Crippen LogP contribution in [0.4, 0.5) is 0 Å². The number of benzene rings is 1. The largest absolute Gasteiger partial charge is 0.508 e. The van der Waals surface area contributed by atoms with Crippen molar-refractivity contribution < 1.29 is 24.6 Å². The number of rotatable bonds is 7. The number of aromatic hydroxyl groups is 1. The predicted octanol–water partition coefficient (Wildman–Crippen LogP) is 1.60. The van der Waals surface area contributed by atoms with Gasteiger partial charge in [-0.15, -0.1) is 0 Å². The molecule has 0 fully saturated rings. The lowest BCUT2D eigenvalue weighted by molar-refractivity contribution is -0.138. The normalized spacial score (nSPS) is 16.6. The van der Waals surface area contributed by atoms with Crippen LogP contribution < -0.4 is 0 Å². The zero-order valence-corrected chi connectivity index (χ0v) is 12.9. The van der Waals surface area contributed by atoms with Crippen LogP contribution >= 0.6 is 0 Å². The Morgan fingerprint density at radius 1 is 1.35 bits per heavy atom. The van der Waals surface area contributed by atoms with Gasteiger partial charge in [0.2, 0.25) is 5.91 Å². The molecule has 1 aliphatic rings. The maximum atomic E-state index is 12.1. The summed E-state index contributed by atoms with van der Waals surface area (Å²) in [7, 11) is 1.65. The molecule has 0 saturated heterocycles. The molecule has 7 nitrogen and oxygen atoms in total. The second kappa shape index (κ2) is 7.62. The lowest BCUT2D eigenvalue weighted by atomic mass is 10.0. The number of nitrogens with zero attached hydrogens (tertiary/aromatic N) is 2. The number of oxime groups is 1. The molecule has 1 unspecified atom stereocenters. The van der Waals surface area contributed by atoms with Crippen LogP contribution in [0, 0.1) is 0 Å². The van der Waals surface area contributed by atoms with Gasteiger partial charge in [-0.3, -0.25) is 9.59 Å². The van der Waals surface area contributed by atoms with Crippen LogP contribution in [-0.4, -0.2) is 52.4 Å². The molecule has 0 radical (unpaired) electrons. The van der Waals surface area contributed by atoms with Crippen molar-refractivity contribution in [2.45, 2.75) is 31.8 Å². The molecule has 0 aromatic heterocycles. The monoisotopic (exact) mass is 320 g/mol. The number of carbonyl (C=O) groups is 2. The molecular formula is C16H20N2O5. The summed E-state index contributed by atoms with van der Waals surface area (Å²) in [6, 6.07) is 6.65. The van der Waals surface area contributed by atoms with Crippen LogP contribution in [0.5, 0.6) is 5.75 Å². The van der Waals surface area contributed by atoms with Gasteiger partial charge >= 0.3 is 5.97 Å². The molecule has 0 spiro atoms. The van der Waals surface area contributed by atoms with Crippen LogP contribution in [0.25, 0.3) is 0 Å². The van der Waals surface area contributed by atoms with E-state index in [1.165, 1.54) is 4.90 Å². The highest BCUT2D eigenvalue weighted by atomic mass is 16.6. The molecular weight excluding hydrogens is 300 g/mol. The molecule has 1 aliphatic heterocycles. The summed E-state index contributed by atoms with van der Waals surface area (Å²) in [5.41, 5.74) is 1.60. The molecule has 2 N–H and O–H groups in total. The van der Waals surface area contributed by atoms with Crippen molar-refractivity contribution in [2.24, 2.45) is 5.16 Å². The second-order valence-corrected chi connectivity index (χ2v) is 5.53. The van der Waals surface area contributed by atoms with Crippen molar-refractivity contribution in [1.29, 1.82) is 0 Å². The fourth-order valence-corrected chi connectivity index (χ4v) is 2.30. The summed E-state index contributed by atoms with van der Waals surface area (Å²) < 4.78 is 0. The van der Waals surface area contributed by atoms with Gasteiger partial charge in [-0.25, -0.2) is 0 Å². The highest BCUT2D eigenvalue weighted by molar-refractivity contribution is 6.01. The summed E-state index contributed by atoms with van der Waals surface area (Å²) in [5, 5.41) is 21.9. The average Bonchev–Trinajstić information content (AvgIpc) is 2.96. The van der Waals surface area contributed by atoms with Gasteiger partial charge in [0.25, 0.3) is 0 Å². The Bertz CT molecular complexity index is 597. The molecule has 0 saturated carbocycles. The number of carbonyl (C=O) groups excluding carboxylic acids is 1. The molecule has 124 valence electrons. The number of carboxylic acid groups (broad SMARTS) is 1. The third kappa shape index (κ3) is 4.98. The lowest BCUT2D eigenvalue weighted by Crippen LogP contribution is -2.31. The van der Waals surface area contributed by atoms with Crippen LogP contribution in [0.1, 0.15) is 31.2 Å². The molecule has 1 aromatic carbocycles. The minimum Gasteiger partial charge on any atom is -0.508 e. The number of amides is 1. The van der Waals surface area contributed by atoms with Crippen molar-refractivity contribution in [3.8, 4) is 5.75 Å². The Morgan fingerprint density at radius 3 is 2.70 bits per heavy atom. The first kappa shape index (κ1) is 16.8. The minimum atomic E-state index is -0.864. The Hall–Kier alpha value is -2.57. The standard InChI is InChI=1S/C16H20N2O5/c1-18(8-2-3-16(21)22)15(20)10-13-9-14(17-23-13)11-4-6-12(19)7-5-11/h4-7,13,19H,2-3,8-10H2,1H3,(H,21,22). The van der Waals surface area contributed by atoms with Gasteiger partial charge in [0.15, 0.2) is 0 Å². The SMILES string of the molecule is CN(CCCC(=O)O)C(=O)CC1CC(c2ccc(O)cc2)=NO1. The predicted molar refractivity (Wildman–Crippen MR) is 83.3 cm³/mol. The van der Waals surface area contributed by atoms with E-state index in [1.807, 2.05) is 0 Å². The van der Waals surface area contributed by atoms with Gasteiger partial charge < -0.3 is 20.0 Å². The summed E-state index contributed by atoms with van der Waals surface area (Å²) in [6.07, 6.45) is 0.895. The van der Waals surface area contributed by atoms with E-state index in [9.17, 15) is 14.7 Å². The number of hydrogen-bond acceptors (Lipinski definition) is 5. The van der Waals surface area contributed by atoms with Gasteiger partial charge in [-0.05, 0) is 36.2 Å². The zero-order chi connectivity index (χ0) is 16.8. The van der Waals surface area contributed by atoms with E-state index in [0.29, 0.717) is 19.4 Å². The van der Waals surface area contributed by atoms with Crippen molar-refractivity contribution in [3.05, 3.63) is 29.8 Å². The maximum absolute atomic E-state index is 12.1. The molecule has 1 aromatic rings. The Labute approximate surface area is 134 Å². The van der Waals surface area contributed by atoms with Crippen molar-refractivity contribution in [3.63, 3.8) is 0 Å². The van der Waals surface area contributed by atoms with Gasteiger partial charge in [0.1, 0.15) is 11.9 Å². The number of phenolic OH excluding ortho intramolecular Hbond substituents is 1. The van der Waals surface area contributed by atoms with E-state index in [0.717, 1.165) is 11.3 Å². The van der Waals surface area contributed by atoms with E-state index in [2.05, 4.69) is 5.16 Å². The Balaban J connectivity index is 1.78. The van der Waals surface area contributed by atoms with E-state index >= 15 is 0 Å². The molecule has 2 rings (SSSR count). The molecule has 0 aliphatic carbocycles. The molecule has 7 heteroatoms. The van der Waals surface area contributed by atoms with E-state index in [4.69, 9.17) is 9.94 Å². The summed E-state index contributed by atoms with van der Waals surface area (Å²) >= 11 is 0. The van der Waals surface area contributed by atoms with Crippen molar-refractivity contribution in [2.75, 3.05) is 13.6 Å². The summed E-state index contributed by atoms with van der Waals surface area (Å²) in [5.74, 6) is -0.776. The first-order valence-corrected chi connectivity index (χ1v) is 7.43. The van der Waals surface area contributed by atoms with E-state index in [-0.39, 0.29) is 30.6 Å². The van der Waals surface area contributed by atoms with Gasteiger partial charge in [0, 0.05) is 26.4 Å². The number of aliphatic carboxylic acids is 1. The molecule has 1 amide bonds. The third-order valence-electron chi connectivity index (χ3n) is 3.65. The van der Waals surface area contributed by atoms with Crippen molar-refractivity contribution in [1.82, 2.24) is 4.90 Å². The fraction of sp³-hybridized carbons (Fsp3) is 0.438. The van der Waals surface area contributed by atoms with Crippen molar-refractivity contribution >= 4 is 17.6 Å². The average molecular weight is 320 g/mol. The van der Waals surface area contributed by atoms with Crippen LogP contribution in [0.3, 0.4) is 0 Å². The summed E-state index contributed by atoms with van der Waals surface area (Å²) in [6.45, 7) is 0.406. The number of phenols is 1. The Kier molecular flexibility index (Phi) is 5.56. The number of hydrogen-bond donors (Lipinski definition) is 2. The van der Waals surface area contributed by atoms with Gasteiger partial charge in [-0.2, -0.15) is 0 Å². The summed E-state index contributed by atoms with van der Waals surface area (Å²) in [4.78, 5) is 29.4. The molecule has 1 heterocycles. The first-order chi connectivity index (χ1) is 11.0. The molecule has 0 bridgehead atoms. The van der Waals surface area contributed by atoms with Crippen LogP contribution in [0.15, 0.2) is 29.4 Å². The minimum absolute atomic E-state index is 0.0473. The molecule has 1 atom stereocenters. The Morgan fingerprint density at radius 2 is 2.04 bits per heavy atom. The van der Waals surface area contributed by atoms with Crippen LogP contribution in [0.2, 0.25) is 0 Å². The highest BCUT2D eigenvalue weighted by Crippen LogP contribution is 2.21. The second-order valence-electron chi connectivity index (χ2n) is 5.53.